The molecule has 31 heavy (non-hydrogen) atoms. The second-order valence-corrected chi connectivity index (χ2v) is 7.27. The number of pyridine rings is 1. The molecule has 2 amide bonds. The number of aromatic nitrogens is 2. The molecule has 2 aromatic heterocycles. The molecule has 0 spiro atoms. The Balaban J connectivity index is 1.47. The molecule has 2 aromatic carbocycles. The van der Waals surface area contributed by atoms with Gasteiger partial charge in [-0.25, -0.2) is 9.78 Å². The van der Waals surface area contributed by atoms with Gasteiger partial charge in [-0.3, -0.25) is 9.20 Å². The van der Waals surface area contributed by atoms with Crippen LogP contribution >= 0.6 is 11.6 Å². The summed E-state index contributed by atoms with van der Waals surface area (Å²) in [6.45, 7) is 1.99. The summed E-state index contributed by atoms with van der Waals surface area (Å²) in [6, 6.07) is 18.7. The van der Waals surface area contributed by atoms with Crippen LogP contribution < -0.4 is 20.9 Å². The molecule has 0 saturated heterocycles. The summed E-state index contributed by atoms with van der Waals surface area (Å²) in [5.74, 6) is 0.447. The molecule has 0 aliphatic heterocycles. The van der Waals surface area contributed by atoms with Crippen LogP contribution in [0.1, 0.15) is 11.3 Å². The second-order valence-electron chi connectivity index (χ2n) is 6.86. The van der Waals surface area contributed by atoms with Crippen LogP contribution in [0, 0.1) is 6.92 Å². The van der Waals surface area contributed by atoms with Crippen LogP contribution in [0.15, 0.2) is 77.7 Å². The van der Waals surface area contributed by atoms with E-state index in [0.29, 0.717) is 33.5 Å². The average Bonchev–Trinajstić information content (AvgIpc) is 2.75. The van der Waals surface area contributed by atoms with E-state index in [1.807, 2.05) is 19.1 Å². The number of nitrogens with zero attached hydrogens (tertiary/aromatic N) is 2. The number of rotatable bonds is 5. The van der Waals surface area contributed by atoms with Gasteiger partial charge in [-0.05, 0) is 48.9 Å². The zero-order valence-corrected chi connectivity index (χ0v) is 17.4. The number of carbonyl (C=O) groups excluding carboxylic acids is 1. The summed E-state index contributed by atoms with van der Waals surface area (Å²) < 4.78 is 7.30. The number of halogens is 1. The highest BCUT2D eigenvalue weighted by Crippen LogP contribution is 2.26. The SMILES string of the molecule is Cc1ccc(NC(=O)Nc2ccccc2OCc2cc(=O)n3ccccc3n2)c(Cl)c1. The van der Waals surface area contributed by atoms with Gasteiger partial charge < -0.3 is 15.4 Å². The van der Waals surface area contributed by atoms with Crippen molar-refractivity contribution in [2.24, 2.45) is 0 Å². The van der Waals surface area contributed by atoms with Crippen LogP contribution in [0.3, 0.4) is 0 Å². The Kier molecular flexibility index (Phi) is 5.86. The second kappa shape index (κ2) is 8.89. The molecule has 0 bridgehead atoms. The molecule has 2 N–H and O–H groups in total. The van der Waals surface area contributed by atoms with Gasteiger partial charge in [0.15, 0.2) is 0 Å². The van der Waals surface area contributed by atoms with Crippen molar-refractivity contribution in [2.75, 3.05) is 10.6 Å². The third-order valence-corrected chi connectivity index (χ3v) is 4.82. The van der Waals surface area contributed by atoms with E-state index in [2.05, 4.69) is 15.6 Å². The number of para-hydroxylation sites is 2. The number of hydrogen-bond donors (Lipinski definition) is 2. The molecule has 156 valence electrons. The molecule has 4 aromatic rings. The van der Waals surface area contributed by atoms with E-state index in [4.69, 9.17) is 16.3 Å². The molecule has 8 heteroatoms. The Morgan fingerprint density at radius 1 is 1.03 bits per heavy atom. The first kappa shape index (κ1) is 20.4. The van der Waals surface area contributed by atoms with E-state index < -0.39 is 6.03 Å². The zero-order chi connectivity index (χ0) is 21.8. The molecule has 0 saturated carbocycles. The summed E-state index contributed by atoms with van der Waals surface area (Å²) in [7, 11) is 0. The zero-order valence-electron chi connectivity index (χ0n) is 16.6. The Hall–Kier alpha value is -3.84. The van der Waals surface area contributed by atoms with E-state index in [1.54, 1.807) is 54.7 Å². The van der Waals surface area contributed by atoms with Crippen molar-refractivity contribution in [2.45, 2.75) is 13.5 Å². The van der Waals surface area contributed by atoms with Gasteiger partial charge >= 0.3 is 6.03 Å². The molecule has 0 atom stereocenters. The highest BCUT2D eigenvalue weighted by atomic mass is 35.5. The number of urea groups is 1. The van der Waals surface area contributed by atoms with Gasteiger partial charge in [-0.1, -0.05) is 35.9 Å². The number of aryl methyl sites for hydroxylation is 1. The molecule has 4 rings (SSSR count). The number of carbonyl (C=O) groups is 1. The van der Waals surface area contributed by atoms with Gasteiger partial charge in [-0.2, -0.15) is 0 Å². The maximum atomic E-state index is 12.4. The van der Waals surface area contributed by atoms with Crippen LogP contribution in [0.5, 0.6) is 5.75 Å². The lowest BCUT2D eigenvalue weighted by atomic mass is 10.2. The first-order valence-corrected chi connectivity index (χ1v) is 9.91. The summed E-state index contributed by atoms with van der Waals surface area (Å²) >= 11 is 6.18. The van der Waals surface area contributed by atoms with Gasteiger partial charge in [0.1, 0.15) is 18.0 Å². The standard InChI is InChI=1S/C23H19ClN4O3/c1-15-9-10-18(17(24)12-15)26-23(30)27-19-6-2-3-7-20(19)31-14-16-13-22(29)28-11-5-4-8-21(28)25-16/h2-13H,14H2,1H3,(H2,26,27,30). The number of fused-ring (bicyclic) bond motifs is 1. The third-order valence-electron chi connectivity index (χ3n) is 4.51. The maximum absolute atomic E-state index is 12.4. The summed E-state index contributed by atoms with van der Waals surface area (Å²) in [4.78, 5) is 29.1. The topological polar surface area (TPSA) is 84.7 Å². The Labute approximate surface area is 183 Å². The molecule has 7 nitrogen and oxygen atoms in total. The van der Waals surface area contributed by atoms with Crippen molar-refractivity contribution >= 4 is 34.7 Å². The van der Waals surface area contributed by atoms with Crippen molar-refractivity contribution in [3.63, 3.8) is 0 Å². The Morgan fingerprint density at radius 2 is 1.81 bits per heavy atom. The predicted octanol–water partition coefficient (Wildman–Crippen LogP) is 4.88. The van der Waals surface area contributed by atoms with Crippen molar-refractivity contribution < 1.29 is 9.53 Å². The first-order chi connectivity index (χ1) is 15.0. The van der Waals surface area contributed by atoms with Crippen molar-refractivity contribution in [1.29, 1.82) is 0 Å². The number of ether oxygens (including phenoxy) is 1. The molecular formula is C23H19ClN4O3. The van der Waals surface area contributed by atoms with Crippen LogP contribution in [0.2, 0.25) is 5.02 Å². The van der Waals surface area contributed by atoms with Gasteiger partial charge in [0.2, 0.25) is 0 Å². The van der Waals surface area contributed by atoms with Crippen molar-refractivity contribution in [3.8, 4) is 5.75 Å². The quantitative estimate of drug-likeness (QED) is 0.469. The first-order valence-electron chi connectivity index (χ1n) is 9.53. The number of amides is 2. The highest BCUT2D eigenvalue weighted by molar-refractivity contribution is 6.33. The van der Waals surface area contributed by atoms with Crippen LogP contribution in [0.25, 0.3) is 5.65 Å². The lowest BCUT2D eigenvalue weighted by Gasteiger charge is -2.14. The van der Waals surface area contributed by atoms with Gasteiger partial charge in [-0.15, -0.1) is 0 Å². The minimum atomic E-state index is -0.455. The Morgan fingerprint density at radius 3 is 2.65 bits per heavy atom. The summed E-state index contributed by atoms with van der Waals surface area (Å²) in [5.41, 5.74) is 2.81. The summed E-state index contributed by atoms with van der Waals surface area (Å²) in [5, 5.41) is 5.93. The number of hydrogen-bond acceptors (Lipinski definition) is 4. The Bertz CT molecular complexity index is 1320. The lowest BCUT2D eigenvalue weighted by Crippen LogP contribution is -2.20. The molecule has 0 aliphatic rings. The number of nitrogens with one attached hydrogen (secondary N) is 2. The minimum Gasteiger partial charge on any atom is -0.485 e. The molecule has 0 unspecified atom stereocenters. The smallest absolute Gasteiger partial charge is 0.323 e. The normalized spacial score (nSPS) is 10.6. The molecule has 0 fully saturated rings. The van der Waals surface area contributed by atoms with E-state index in [-0.39, 0.29) is 12.2 Å². The van der Waals surface area contributed by atoms with Crippen LogP contribution in [0.4, 0.5) is 16.2 Å². The van der Waals surface area contributed by atoms with E-state index in [0.717, 1.165) is 5.56 Å². The molecule has 0 aliphatic carbocycles. The van der Waals surface area contributed by atoms with Gasteiger partial charge in [0.25, 0.3) is 5.56 Å². The fourth-order valence-electron chi connectivity index (χ4n) is 3.02. The maximum Gasteiger partial charge on any atom is 0.323 e. The highest BCUT2D eigenvalue weighted by Gasteiger charge is 2.11. The molecule has 0 radical (unpaired) electrons. The average molecular weight is 435 g/mol. The largest absolute Gasteiger partial charge is 0.485 e. The number of anilines is 2. The fourth-order valence-corrected chi connectivity index (χ4v) is 3.30. The lowest BCUT2D eigenvalue weighted by molar-refractivity contribution is 0.261. The van der Waals surface area contributed by atoms with E-state index in [9.17, 15) is 9.59 Å². The van der Waals surface area contributed by atoms with Crippen LogP contribution in [-0.2, 0) is 6.61 Å². The van der Waals surface area contributed by atoms with E-state index >= 15 is 0 Å². The fraction of sp³-hybridized carbons (Fsp3) is 0.0870. The van der Waals surface area contributed by atoms with Crippen LogP contribution in [-0.4, -0.2) is 15.4 Å². The number of benzene rings is 2. The summed E-state index contributed by atoms with van der Waals surface area (Å²) in [6.07, 6.45) is 1.66. The predicted molar refractivity (Wildman–Crippen MR) is 121 cm³/mol. The minimum absolute atomic E-state index is 0.0741. The van der Waals surface area contributed by atoms with Gasteiger partial charge in [0, 0.05) is 12.3 Å². The molecule has 2 heterocycles. The molecular weight excluding hydrogens is 416 g/mol. The van der Waals surface area contributed by atoms with Crippen molar-refractivity contribution in [3.05, 3.63) is 99.6 Å². The van der Waals surface area contributed by atoms with E-state index in [1.165, 1.54) is 10.5 Å². The van der Waals surface area contributed by atoms with Crippen molar-refractivity contribution in [1.82, 2.24) is 9.38 Å². The van der Waals surface area contributed by atoms with Gasteiger partial charge in [0.05, 0.1) is 22.1 Å². The third kappa shape index (κ3) is 4.84. The monoisotopic (exact) mass is 434 g/mol.